The molecule has 0 fully saturated rings. The van der Waals surface area contributed by atoms with Crippen LogP contribution in [0.15, 0.2) is 93.2 Å². The number of anilines is 1. The summed E-state index contributed by atoms with van der Waals surface area (Å²) in [5, 5.41) is 20.1. The predicted octanol–water partition coefficient (Wildman–Crippen LogP) is 5.97. The second-order valence-electron chi connectivity index (χ2n) is 8.10. The Balaban J connectivity index is 1.55. The van der Waals surface area contributed by atoms with Gasteiger partial charge in [0, 0.05) is 17.3 Å². The monoisotopic (exact) mass is 552 g/mol. The molecule has 2 heterocycles. The van der Waals surface area contributed by atoms with Crippen LogP contribution in [0.1, 0.15) is 24.2 Å². The first kappa shape index (κ1) is 26.4. The topological polar surface area (TPSA) is 107 Å². The summed E-state index contributed by atoms with van der Waals surface area (Å²) in [4.78, 5) is 25.9. The summed E-state index contributed by atoms with van der Waals surface area (Å²) in [5.41, 5.74) is 2.47. The standard InChI is InChI=1S/C27H22Cl2N4O3S/c1-16-24(26(35)33-21-10-9-18(28)12-20(21)29)25(22-8-5-11-36-22)19(13-30)27(32-16)37-15-23(34)31-14-17-6-3-2-4-7-17/h2-12,25,32H,14-15H2,1H3,(H,31,34)(H,33,35)/t25-/m0/s1. The SMILES string of the molecule is CC1=C(C(=O)Nc2ccc(Cl)cc2Cl)[C@H](c2ccco2)C(C#N)=C(SCC(=O)NCc2ccccc2)N1. The molecule has 1 aliphatic heterocycles. The highest BCUT2D eigenvalue weighted by Crippen LogP contribution is 2.41. The molecular weight excluding hydrogens is 531 g/mol. The average Bonchev–Trinajstić information content (AvgIpc) is 3.42. The van der Waals surface area contributed by atoms with Crippen molar-refractivity contribution < 1.29 is 14.0 Å². The summed E-state index contributed by atoms with van der Waals surface area (Å²) in [6.07, 6.45) is 1.48. The van der Waals surface area contributed by atoms with Crippen LogP contribution >= 0.6 is 35.0 Å². The molecule has 7 nitrogen and oxygen atoms in total. The number of carbonyl (C=O) groups excluding carboxylic acids is 2. The largest absolute Gasteiger partial charge is 0.468 e. The Kier molecular flexibility index (Phi) is 8.62. The Bertz CT molecular complexity index is 1410. The zero-order valence-electron chi connectivity index (χ0n) is 19.7. The lowest BCUT2D eigenvalue weighted by Gasteiger charge is -2.28. The molecule has 0 saturated carbocycles. The average molecular weight is 553 g/mol. The number of furan rings is 1. The van der Waals surface area contributed by atoms with Gasteiger partial charge in [-0.2, -0.15) is 5.26 Å². The first-order valence-electron chi connectivity index (χ1n) is 11.2. The van der Waals surface area contributed by atoms with Gasteiger partial charge in [-0.15, -0.1) is 0 Å². The van der Waals surface area contributed by atoms with E-state index in [9.17, 15) is 14.9 Å². The number of hydrogen-bond donors (Lipinski definition) is 3. The van der Waals surface area contributed by atoms with E-state index in [0.29, 0.717) is 39.3 Å². The van der Waals surface area contributed by atoms with Crippen molar-refractivity contribution in [1.29, 1.82) is 5.26 Å². The van der Waals surface area contributed by atoms with Crippen LogP contribution in [0, 0.1) is 11.3 Å². The number of thioether (sulfide) groups is 1. The lowest BCUT2D eigenvalue weighted by atomic mass is 9.85. The lowest BCUT2D eigenvalue weighted by Crippen LogP contribution is -2.31. The van der Waals surface area contributed by atoms with E-state index in [2.05, 4.69) is 22.0 Å². The van der Waals surface area contributed by atoms with E-state index in [1.807, 2.05) is 30.3 Å². The zero-order chi connectivity index (χ0) is 26.4. The number of nitriles is 1. The Morgan fingerprint density at radius 3 is 2.59 bits per heavy atom. The Hall–Kier alpha value is -3.64. The van der Waals surface area contributed by atoms with E-state index >= 15 is 0 Å². The Labute approximate surface area is 228 Å². The summed E-state index contributed by atoms with van der Waals surface area (Å²) in [6.45, 7) is 2.14. The van der Waals surface area contributed by atoms with Crippen LogP contribution in [0.4, 0.5) is 5.69 Å². The van der Waals surface area contributed by atoms with E-state index in [4.69, 9.17) is 27.6 Å². The number of nitrogens with zero attached hydrogens (tertiary/aromatic N) is 1. The molecule has 188 valence electrons. The number of rotatable bonds is 8. The summed E-state index contributed by atoms with van der Waals surface area (Å²) in [6, 6.07) is 19.9. The van der Waals surface area contributed by atoms with Crippen LogP contribution in [0.5, 0.6) is 0 Å². The van der Waals surface area contributed by atoms with Gasteiger partial charge < -0.3 is 20.4 Å². The van der Waals surface area contributed by atoms with Gasteiger partial charge in [0.2, 0.25) is 5.91 Å². The number of halogens is 2. The highest BCUT2D eigenvalue weighted by Gasteiger charge is 2.36. The zero-order valence-corrected chi connectivity index (χ0v) is 22.0. The molecule has 2 aromatic carbocycles. The summed E-state index contributed by atoms with van der Waals surface area (Å²) >= 11 is 13.4. The van der Waals surface area contributed by atoms with Crippen molar-refractivity contribution in [3.63, 3.8) is 0 Å². The molecule has 3 aromatic rings. The second-order valence-corrected chi connectivity index (χ2v) is 9.93. The van der Waals surface area contributed by atoms with Crippen LogP contribution < -0.4 is 16.0 Å². The number of amides is 2. The van der Waals surface area contributed by atoms with E-state index in [1.54, 1.807) is 31.2 Å². The quantitative estimate of drug-likeness (QED) is 0.317. The second kappa shape index (κ2) is 12.1. The van der Waals surface area contributed by atoms with E-state index in [-0.39, 0.29) is 22.3 Å². The van der Waals surface area contributed by atoms with Crippen molar-refractivity contribution in [1.82, 2.24) is 10.6 Å². The maximum atomic E-state index is 13.4. The number of benzene rings is 2. The van der Waals surface area contributed by atoms with Gasteiger partial charge >= 0.3 is 0 Å². The predicted molar refractivity (Wildman–Crippen MR) is 146 cm³/mol. The third kappa shape index (κ3) is 6.38. The molecule has 1 aliphatic rings. The van der Waals surface area contributed by atoms with Gasteiger partial charge in [-0.3, -0.25) is 9.59 Å². The number of nitrogens with one attached hydrogen (secondary N) is 3. The number of allylic oxidation sites excluding steroid dienone is 2. The summed E-state index contributed by atoms with van der Waals surface area (Å²) < 4.78 is 5.63. The van der Waals surface area contributed by atoms with Crippen molar-refractivity contribution in [3.05, 3.63) is 110 Å². The fraction of sp³-hybridized carbons (Fsp3) is 0.148. The molecule has 4 rings (SSSR count). The third-order valence-electron chi connectivity index (χ3n) is 5.58. The van der Waals surface area contributed by atoms with Crippen molar-refractivity contribution in [2.45, 2.75) is 19.4 Å². The minimum atomic E-state index is -0.776. The van der Waals surface area contributed by atoms with Gasteiger partial charge in [-0.1, -0.05) is 65.3 Å². The maximum absolute atomic E-state index is 13.4. The molecule has 2 amide bonds. The molecule has 1 aromatic heterocycles. The van der Waals surface area contributed by atoms with Crippen LogP contribution in [0.3, 0.4) is 0 Å². The van der Waals surface area contributed by atoms with Gasteiger partial charge in [-0.25, -0.2) is 0 Å². The Morgan fingerprint density at radius 2 is 1.92 bits per heavy atom. The van der Waals surface area contributed by atoms with Gasteiger partial charge in [0.25, 0.3) is 5.91 Å². The molecular formula is C27H22Cl2N4O3S. The van der Waals surface area contributed by atoms with E-state index < -0.39 is 11.8 Å². The minimum absolute atomic E-state index is 0.0837. The Morgan fingerprint density at radius 1 is 1.14 bits per heavy atom. The van der Waals surface area contributed by atoms with Crippen molar-refractivity contribution in [2.75, 3.05) is 11.1 Å². The summed E-state index contributed by atoms with van der Waals surface area (Å²) in [5.74, 6) is -0.899. The molecule has 0 radical (unpaired) electrons. The van der Waals surface area contributed by atoms with Gasteiger partial charge in [0.05, 0.1) is 50.9 Å². The fourth-order valence-electron chi connectivity index (χ4n) is 3.83. The van der Waals surface area contributed by atoms with Crippen LogP contribution in [-0.4, -0.2) is 17.6 Å². The van der Waals surface area contributed by atoms with Crippen molar-refractivity contribution >= 4 is 52.5 Å². The number of carbonyl (C=O) groups is 2. The van der Waals surface area contributed by atoms with E-state index in [1.165, 1.54) is 24.1 Å². The third-order valence-corrected chi connectivity index (χ3v) is 7.14. The maximum Gasteiger partial charge on any atom is 0.254 e. The van der Waals surface area contributed by atoms with Gasteiger partial charge in [0.1, 0.15) is 5.76 Å². The molecule has 0 spiro atoms. The van der Waals surface area contributed by atoms with Gasteiger partial charge in [0.15, 0.2) is 0 Å². The van der Waals surface area contributed by atoms with E-state index in [0.717, 1.165) is 5.56 Å². The molecule has 0 unspecified atom stereocenters. The highest BCUT2D eigenvalue weighted by atomic mass is 35.5. The molecule has 0 bridgehead atoms. The molecule has 10 heteroatoms. The lowest BCUT2D eigenvalue weighted by molar-refractivity contribution is -0.118. The van der Waals surface area contributed by atoms with Gasteiger partial charge in [-0.05, 0) is 42.8 Å². The van der Waals surface area contributed by atoms with Crippen LogP contribution in [0.2, 0.25) is 10.0 Å². The molecule has 0 aliphatic carbocycles. The normalized spacial score (nSPS) is 15.1. The number of hydrogen-bond acceptors (Lipinski definition) is 6. The smallest absolute Gasteiger partial charge is 0.254 e. The fourth-order valence-corrected chi connectivity index (χ4v) is 5.21. The van der Waals surface area contributed by atoms with Crippen LogP contribution in [0.25, 0.3) is 0 Å². The first-order chi connectivity index (χ1) is 17.9. The van der Waals surface area contributed by atoms with Crippen molar-refractivity contribution in [2.24, 2.45) is 0 Å². The molecule has 37 heavy (non-hydrogen) atoms. The number of dihydropyridines is 1. The summed E-state index contributed by atoms with van der Waals surface area (Å²) in [7, 11) is 0. The first-order valence-corrected chi connectivity index (χ1v) is 13.0. The molecule has 1 atom stereocenters. The molecule has 3 N–H and O–H groups in total. The molecule has 0 saturated heterocycles. The highest BCUT2D eigenvalue weighted by molar-refractivity contribution is 8.03. The van der Waals surface area contributed by atoms with Crippen LogP contribution in [-0.2, 0) is 16.1 Å². The van der Waals surface area contributed by atoms with Crippen molar-refractivity contribution in [3.8, 4) is 6.07 Å². The minimum Gasteiger partial charge on any atom is -0.468 e.